The molecule has 1 aromatic carbocycles. The first kappa shape index (κ1) is 13.9. The third-order valence-corrected chi connectivity index (χ3v) is 3.22. The number of methoxy groups -OCH3 is 2. The summed E-state index contributed by atoms with van der Waals surface area (Å²) in [6.07, 6.45) is 0. The Labute approximate surface area is 126 Å². The molecule has 0 saturated heterocycles. The molecule has 0 amide bonds. The zero-order valence-electron chi connectivity index (χ0n) is 12.2. The third kappa shape index (κ3) is 2.44. The van der Waals surface area contributed by atoms with Gasteiger partial charge in [0.1, 0.15) is 17.3 Å². The summed E-state index contributed by atoms with van der Waals surface area (Å²) < 4.78 is 10.6. The minimum atomic E-state index is 0.127. The summed E-state index contributed by atoms with van der Waals surface area (Å²) >= 11 is 0. The maximum atomic E-state index is 5.79. The van der Waals surface area contributed by atoms with E-state index in [1.54, 1.807) is 26.4 Å². The van der Waals surface area contributed by atoms with E-state index in [0.717, 1.165) is 10.9 Å². The van der Waals surface area contributed by atoms with Gasteiger partial charge >= 0.3 is 0 Å². The number of rotatable bonds is 3. The van der Waals surface area contributed by atoms with Gasteiger partial charge in [0.05, 0.1) is 19.9 Å². The molecule has 4 N–H and O–H groups in total. The van der Waals surface area contributed by atoms with Gasteiger partial charge < -0.3 is 20.9 Å². The average Bonchev–Trinajstić information content (AvgIpc) is 2.53. The average molecular weight is 297 g/mol. The van der Waals surface area contributed by atoms with Gasteiger partial charge in [0.25, 0.3) is 0 Å². The van der Waals surface area contributed by atoms with Crippen LogP contribution in [-0.4, -0.2) is 29.2 Å². The molecule has 112 valence electrons. The number of ether oxygens (including phenoxy) is 2. The quantitative estimate of drug-likeness (QED) is 0.759. The summed E-state index contributed by atoms with van der Waals surface area (Å²) in [5.41, 5.74) is 13.4. The highest BCUT2D eigenvalue weighted by molar-refractivity contribution is 5.92. The topological polar surface area (TPSA) is 109 Å². The number of fused-ring (bicyclic) bond motifs is 1. The Bertz CT molecular complexity index is 823. The predicted molar refractivity (Wildman–Crippen MR) is 84.7 cm³/mol. The van der Waals surface area contributed by atoms with Gasteiger partial charge in [0.2, 0.25) is 5.95 Å². The summed E-state index contributed by atoms with van der Waals surface area (Å²) in [5.74, 6) is 1.81. The lowest BCUT2D eigenvalue weighted by atomic mass is 10.1. The number of benzene rings is 1. The molecule has 0 spiro atoms. The number of nitrogens with two attached hydrogens (primary N) is 2. The van der Waals surface area contributed by atoms with Crippen LogP contribution in [0.2, 0.25) is 0 Å². The van der Waals surface area contributed by atoms with Crippen LogP contribution < -0.4 is 20.9 Å². The summed E-state index contributed by atoms with van der Waals surface area (Å²) in [5, 5.41) is 0.749. The second kappa shape index (κ2) is 5.36. The fourth-order valence-corrected chi connectivity index (χ4v) is 2.21. The monoisotopic (exact) mass is 297 g/mol. The van der Waals surface area contributed by atoms with Crippen molar-refractivity contribution in [3.8, 4) is 22.8 Å². The molecule has 3 rings (SSSR count). The van der Waals surface area contributed by atoms with Crippen molar-refractivity contribution in [2.75, 3.05) is 25.7 Å². The lowest BCUT2D eigenvalue weighted by Crippen LogP contribution is -2.01. The highest BCUT2D eigenvalue weighted by atomic mass is 16.5. The summed E-state index contributed by atoms with van der Waals surface area (Å²) in [6.45, 7) is 0. The maximum absolute atomic E-state index is 5.79. The first-order chi connectivity index (χ1) is 10.6. The van der Waals surface area contributed by atoms with Crippen molar-refractivity contribution in [1.29, 1.82) is 0 Å². The van der Waals surface area contributed by atoms with E-state index in [1.807, 2.05) is 18.2 Å². The molecule has 7 nitrogen and oxygen atoms in total. The number of hydrogen-bond donors (Lipinski definition) is 2. The zero-order valence-corrected chi connectivity index (χ0v) is 12.2. The first-order valence-electron chi connectivity index (χ1n) is 6.54. The van der Waals surface area contributed by atoms with Crippen molar-refractivity contribution in [3.05, 3.63) is 30.3 Å². The van der Waals surface area contributed by atoms with E-state index in [9.17, 15) is 0 Å². The summed E-state index contributed by atoms with van der Waals surface area (Å²) in [7, 11) is 3.18. The second-order valence-corrected chi connectivity index (χ2v) is 4.64. The minimum absolute atomic E-state index is 0.127. The third-order valence-electron chi connectivity index (χ3n) is 3.22. The van der Waals surface area contributed by atoms with Crippen LogP contribution in [0.15, 0.2) is 30.3 Å². The maximum Gasteiger partial charge on any atom is 0.222 e. The molecule has 0 fully saturated rings. The van der Waals surface area contributed by atoms with Gasteiger partial charge in [-0.15, -0.1) is 0 Å². The Balaban J connectivity index is 2.29. The molecule has 2 aromatic heterocycles. The Morgan fingerprint density at radius 2 is 1.55 bits per heavy atom. The van der Waals surface area contributed by atoms with Crippen molar-refractivity contribution in [3.63, 3.8) is 0 Å². The van der Waals surface area contributed by atoms with E-state index in [4.69, 9.17) is 20.9 Å². The lowest BCUT2D eigenvalue weighted by Gasteiger charge is -2.10. The Hall–Kier alpha value is -3.09. The van der Waals surface area contributed by atoms with Crippen LogP contribution in [-0.2, 0) is 0 Å². The van der Waals surface area contributed by atoms with Crippen LogP contribution in [0.1, 0.15) is 0 Å². The fourth-order valence-electron chi connectivity index (χ4n) is 2.21. The number of anilines is 2. The van der Waals surface area contributed by atoms with Gasteiger partial charge in [-0.2, -0.15) is 4.98 Å². The molecule has 0 unspecified atom stereocenters. The van der Waals surface area contributed by atoms with Gasteiger partial charge in [0.15, 0.2) is 5.65 Å². The van der Waals surface area contributed by atoms with Crippen LogP contribution in [0.5, 0.6) is 11.5 Å². The highest BCUT2D eigenvalue weighted by Crippen LogP contribution is 2.32. The fraction of sp³-hybridized carbons (Fsp3) is 0.133. The Morgan fingerprint density at radius 1 is 0.864 bits per heavy atom. The van der Waals surface area contributed by atoms with Crippen molar-refractivity contribution in [1.82, 2.24) is 15.0 Å². The van der Waals surface area contributed by atoms with E-state index in [1.165, 1.54) is 0 Å². The molecule has 0 radical (unpaired) electrons. The zero-order chi connectivity index (χ0) is 15.7. The molecule has 2 heterocycles. The van der Waals surface area contributed by atoms with Crippen LogP contribution >= 0.6 is 0 Å². The molecule has 3 aromatic rings. The second-order valence-electron chi connectivity index (χ2n) is 4.64. The molecule has 0 atom stereocenters. The normalized spacial score (nSPS) is 10.6. The molecule has 0 aliphatic rings. The van der Waals surface area contributed by atoms with Crippen molar-refractivity contribution in [2.24, 2.45) is 0 Å². The number of aromatic nitrogens is 3. The molecule has 22 heavy (non-hydrogen) atoms. The smallest absolute Gasteiger partial charge is 0.222 e. The first-order valence-corrected chi connectivity index (χ1v) is 6.54. The SMILES string of the molecule is COc1cc(OC)cc(-c2nc(N)nc3nc(N)ccc23)c1. The largest absolute Gasteiger partial charge is 0.497 e. The Morgan fingerprint density at radius 3 is 2.18 bits per heavy atom. The molecular formula is C15H15N5O2. The van der Waals surface area contributed by atoms with Gasteiger partial charge in [-0.3, -0.25) is 0 Å². The van der Waals surface area contributed by atoms with Crippen molar-refractivity contribution in [2.45, 2.75) is 0 Å². The molecule has 7 heteroatoms. The highest BCUT2D eigenvalue weighted by Gasteiger charge is 2.12. The van der Waals surface area contributed by atoms with Crippen molar-refractivity contribution < 1.29 is 9.47 Å². The minimum Gasteiger partial charge on any atom is -0.497 e. The predicted octanol–water partition coefficient (Wildman–Crippen LogP) is 1.87. The van der Waals surface area contributed by atoms with Crippen LogP contribution in [0.25, 0.3) is 22.3 Å². The molecule has 0 aliphatic heterocycles. The molecule has 0 saturated carbocycles. The summed E-state index contributed by atoms with van der Waals surface area (Å²) in [6, 6.07) is 8.99. The number of hydrogen-bond acceptors (Lipinski definition) is 7. The Kier molecular flexibility index (Phi) is 3.38. The van der Waals surface area contributed by atoms with Gasteiger partial charge in [-0.25, -0.2) is 9.97 Å². The number of nitrogen functional groups attached to an aromatic ring is 2. The van der Waals surface area contributed by atoms with Gasteiger partial charge in [-0.1, -0.05) is 0 Å². The van der Waals surface area contributed by atoms with E-state index >= 15 is 0 Å². The van der Waals surface area contributed by atoms with E-state index in [-0.39, 0.29) is 5.95 Å². The van der Waals surface area contributed by atoms with Gasteiger partial charge in [0, 0.05) is 17.0 Å². The van der Waals surface area contributed by atoms with E-state index in [0.29, 0.717) is 28.7 Å². The van der Waals surface area contributed by atoms with Crippen LogP contribution in [0, 0.1) is 0 Å². The number of pyridine rings is 1. The molecule has 0 bridgehead atoms. The van der Waals surface area contributed by atoms with E-state index in [2.05, 4.69) is 15.0 Å². The summed E-state index contributed by atoms with van der Waals surface area (Å²) in [4.78, 5) is 12.6. The lowest BCUT2D eigenvalue weighted by molar-refractivity contribution is 0.394. The molecular weight excluding hydrogens is 282 g/mol. The number of nitrogens with zero attached hydrogens (tertiary/aromatic N) is 3. The van der Waals surface area contributed by atoms with Crippen LogP contribution in [0.3, 0.4) is 0 Å². The van der Waals surface area contributed by atoms with Crippen LogP contribution in [0.4, 0.5) is 11.8 Å². The van der Waals surface area contributed by atoms with Crippen molar-refractivity contribution >= 4 is 22.8 Å². The molecule has 0 aliphatic carbocycles. The standard InChI is InChI=1S/C15H15N5O2/c1-21-9-5-8(6-10(7-9)22-2)13-11-3-4-12(16)18-14(11)20-15(17)19-13/h3-7H,1-2H3,(H4,16,17,18,19,20). The van der Waals surface area contributed by atoms with Gasteiger partial charge in [-0.05, 0) is 24.3 Å². The van der Waals surface area contributed by atoms with E-state index < -0.39 is 0 Å².